The fourth-order valence-corrected chi connectivity index (χ4v) is 9.13. The second-order valence-electron chi connectivity index (χ2n) is 8.29. The van der Waals surface area contributed by atoms with E-state index in [4.69, 9.17) is 4.43 Å². The first-order valence-corrected chi connectivity index (χ1v) is 13.0. The molecule has 0 aliphatic heterocycles. The lowest BCUT2D eigenvalue weighted by Crippen LogP contribution is -2.66. The fourth-order valence-electron chi connectivity index (χ4n) is 4.07. The lowest BCUT2D eigenvalue weighted by atomic mass is 10.2. The summed E-state index contributed by atoms with van der Waals surface area (Å²) >= 11 is 2.20. The normalized spacial score (nSPS) is 12.4. The molecule has 0 aliphatic carbocycles. The van der Waals surface area contributed by atoms with Crippen molar-refractivity contribution in [2.75, 3.05) is 6.61 Å². The van der Waals surface area contributed by atoms with Gasteiger partial charge in [0.05, 0.1) is 12.9 Å². The average Bonchev–Trinajstić information content (AvgIpc) is 3.16. The van der Waals surface area contributed by atoms with Gasteiger partial charge in [0.25, 0.3) is 8.32 Å². The highest BCUT2D eigenvalue weighted by atomic mass is 127. The van der Waals surface area contributed by atoms with Gasteiger partial charge in [-0.1, -0.05) is 81.4 Å². The van der Waals surface area contributed by atoms with Crippen molar-refractivity contribution in [1.29, 1.82) is 0 Å². The Bertz CT molecular complexity index is 1090. The van der Waals surface area contributed by atoms with Crippen LogP contribution in [0.25, 0.3) is 11.2 Å². The molecule has 154 valence electrons. The van der Waals surface area contributed by atoms with Gasteiger partial charge in [0, 0.05) is 6.54 Å². The first-order chi connectivity index (χ1) is 14.4. The summed E-state index contributed by atoms with van der Waals surface area (Å²) < 4.78 is 9.88. The van der Waals surface area contributed by atoms with Crippen molar-refractivity contribution in [3.8, 4) is 0 Å². The molecule has 30 heavy (non-hydrogen) atoms. The van der Waals surface area contributed by atoms with Crippen molar-refractivity contribution in [3.05, 3.63) is 77.0 Å². The van der Waals surface area contributed by atoms with E-state index in [9.17, 15) is 0 Å². The van der Waals surface area contributed by atoms with Gasteiger partial charge in [-0.25, -0.2) is 15.0 Å². The Balaban J connectivity index is 1.71. The molecule has 0 saturated carbocycles. The lowest BCUT2D eigenvalue weighted by Gasteiger charge is -2.43. The lowest BCUT2D eigenvalue weighted by molar-refractivity contribution is 0.282. The summed E-state index contributed by atoms with van der Waals surface area (Å²) in [5.41, 5.74) is 1.68. The highest BCUT2D eigenvalue weighted by Crippen LogP contribution is 2.36. The Kier molecular flexibility index (Phi) is 6.03. The third-order valence-corrected chi connectivity index (χ3v) is 11.3. The van der Waals surface area contributed by atoms with Gasteiger partial charge >= 0.3 is 0 Å². The molecule has 7 heteroatoms. The maximum Gasteiger partial charge on any atom is 0.261 e. The van der Waals surface area contributed by atoms with Crippen LogP contribution in [0.1, 0.15) is 20.8 Å². The second-order valence-corrected chi connectivity index (χ2v) is 13.6. The van der Waals surface area contributed by atoms with Crippen molar-refractivity contribution >= 4 is 52.4 Å². The summed E-state index contributed by atoms with van der Waals surface area (Å²) in [4.78, 5) is 13.1. The topological polar surface area (TPSA) is 52.8 Å². The SMILES string of the molecule is CC(C)(C)[Si](OCCn1cnc2c(I)ncnc21)(c1ccccc1)c1ccccc1. The summed E-state index contributed by atoms with van der Waals surface area (Å²) in [7, 11) is -2.53. The van der Waals surface area contributed by atoms with Gasteiger partial charge in [0.15, 0.2) is 5.65 Å². The summed E-state index contributed by atoms with van der Waals surface area (Å²) in [6.45, 7) is 8.15. The van der Waals surface area contributed by atoms with Crippen LogP contribution in [0.5, 0.6) is 0 Å². The highest BCUT2D eigenvalue weighted by Gasteiger charge is 2.50. The van der Waals surface area contributed by atoms with Crippen molar-refractivity contribution < 1.29 is 4.43 Å². The molecule has 0 bridgehead atoms. The highest BCUT2D eigenvalue weighted by molar-refractivity contribution is 14.1. The summed E-state index contributed by atoms with van der Waals surface area (Å²) in [5.74, 6) is 0. The number of fused-ring (bicyclic) bond motifs is 1. The Morgan fingerprint density at radius 3 is 2.07 bits per heavy atom. The summed E-state index contributed by atoms with van der Waals surface area (Å²) in [6.07, 6.45) is 3.42. The summed E-state index contributed by atoms with van der Waals surface area (Å²) in [6, 6.07) is 21.4. The Labute approximate surface area is 191 Å². The monoisotopic (exact) mass is 528 g/mol. The van der Waals surface area contributed by atoms with Gasteiger partial charge in [-0.15, -0.1) is 0 Å². The first-order valence-electron chi connectivity index (χ1n) is 10.00. The zero-order chi connectivity index (χ0) is 21.2. The number of aromatic nitrogens is 4. The van der Waals surface area contributed by atoms with Gasteiger partial charge in [0.2, 0.25) is 0 Å². The van der Waals surface area contributed by atoms with E-state index >= 15 is 0 Å². The maximum atomic E-state index is 6.96. The predicted octanol–water partition coefficient (Wildman–Crippen LogP) is 4.01. The molecule has 2 aromatic carbocycles. The van der Waals surface area contributed by atoms with Crippen molar-refractivity contribution in [2.45, 2.75) is 32.4 Å². The number of imidazole rings is 1. The molecular formula is C23H25IN4OSi. The smallest absolute Gasteiger partial charge is 0.261 e. The fraction of sp³-hybridized carbons (Fsp3) is 0.261. The minimum absolute atomic E-state index is 0.0374. The van der Waals surface area contributed by atoms with E-state index in [1.165, 1.54) is 10.4 Å². The second kappa shape index (κ2) is 8.56. The standard InChI is InChI=1S/C23H25IN4OSi/c1-23(2,3)30(18-10-6-4-7-11-18,19-12-8-5-9-13-19)29-15-14-28-17-27-20-21(24)25-16-26-22(20)28/h4-13,16-17H,14-15H2,1-3H3. The molecule has 0 saturated heterocycles. The van der Waals surface area contributed by atoms with E-state index in [-0.39, 0.29) is 5.04 Å². The number of benzene rings is 2. The van der Waals surface area contributed by atoms with E-state index in [2.05, 4.69) is 124 Å². The van der Waals surface area contributed by atoms with Crippen molar-refractivity contribution in [2.24, 2.45) is 0 Å². The van der Waals surface area contributed by atoms with Crippen LogP contribution >= 0.6 is 22.6 Å². The number of rotatable bonds is 6. The quantitative estimate of drug-likeness (QED) is 0.216. The number of nitrogens with zero attached hydrogens (tertiary/aromatic N) is 4. The van der Waals surface area contributed by atoms with Gasteiger partial charge in [-0.3, -0.25) is 0 Å². The molecule has 2 heterocycles. The molecule has 0 N–H and O–H groups in total. The molecule has 4 rings (SSSR count). The largest absolute Gasteiger partial charge is 0.406 e. The minimum atomic E-state index is -2.53. The van der Waals surface area contributed by atoms with Gasteiger partial charge in [-0.2, -0.15) is 0 Å². The zero-order valence-electron chi connectivity index (χ0n) is 17.4. The molecule has 0 fully saturated rings. The van der Waals surface area contributed by atoms with E-state index in [1.807, 2.05) is 6.33 Å². The van der Waals surface area contributed by atoms with Crippen LogP contribution in [0, 0.1) is 3.70 Å². The van der Waals surface area contributed by atoms with Crippen LogP contribution in [0.4, 0.5) is 0 Å². The molecule has 0 unspecified atom stereocenters. The molecular weight excluding hydrogens is 503 g/mol. The van der Waals surface area contributed by atoms with Crippen LogP contribution in [-0.4, -0.2) is 34.4 Å². The van der Waals surface area contributed by atoms with E-state index in [1.54, 1.807) is 6.33 Å². The van der Waals surface area contributed by atoms with Gasteiger partial charge < -0.3 is 8.99 Å². The molecule has 0 spiro atoms. The molecule has 2 aromatic heterocycles. The number of hydrogen-bond acceptors (Lipinski definition) is 4. The third kappa shape index (κ3) is 3.81. The predicted molar refractivity (Wildman–Crippen MR) is 132 cm³/mol. The van der Waals surface area contributed by atoms with Crippen molar-refractivity contribution in [3.63, 3.8) is 0 Å². The van der Waals surface area contributed by atoms with Crippen LogP contribution in [0.2, 0.25) is 5.04 Å². The van der Waals surface area contributed by atoms with E-state index in [0.717, 1.165) is 14.9 Å². The van der Waals surface area contributed by atoms with Crippen LogP contribution in [0.3, 0.4) is 0 Å². The molecule has 0 amide bonds. The van der Waals surface area contributed by atoms with Crippen LogP contribution < -0.4 is 10.4 Å². The minimum Gasteiger partial charge on any atom is -0.406 e. The van der Waals surface area contributed by atoms with E-state index in [0.29, 0.717) is 13.2 Å². The zero-order valence-corrected chi connectivity index (χ0v) is 20.6. The van der Waals surface area contributed by atoms with Crippen LogP contribution in [0.15, 0.2) is 73.3 Å². The molecule has 5 nitrogen and oxygen atoms in total. The van der Waals surface area contributed by atoms with Crippen LogP contribution in [-0.2, 0) is 11.0 Å². The number of hydrogen-bond donors (Lipinski definition) is 0. The Morgan fingerprint density at radius 1 is 0.900 bits per heavy atom. The van der Waals surface area contributed by atoms with Crippen molar-refractivity contribution in [1.82, 2.24) is 19.5 Å². The van der Waals surface area contributed by atoms with Gasteiger partial charge in [-0.05, 0) is 38.0 Å². The molecule has 0 aliphatic rings. The molecule has 0 radical (unpaired) electrons. The first kappa shape index (κ1) is 21.1. The Hall–Kier alpha value is -2.10. The van der Waals surface area contributed by atoms with Gasteiger partial charge in [0.1, 0.15) is 15.5 Å². The number of halogens is 1. The summed E-state index contributed by atoms with van der Waals surface area (Å²) in [5, 5.41) is 2.54. The average molecular weight is 528 g/mol. The maximum absolute atomic E-state index is 6.96. The third-order valence-electron chi connectivity index (χ3n) is 5.42. The molecule has 4 aromatic rings. The Morgan fingerprint density at radius 2 is 1.50 bits per heavy atom. The van der Waals surface area contributed by atoms with E-state index < -0.39 is 8.32 Å². The molecule has 0 atom stereocenters.